The van der Waals surface area contributed by atoms with Crippen LogP contribution in [0.25, 0.3) is 0 Å². The number of nitrogens with one attached hydrogen (secondary N) is 2. The number of thiophene rings is 1. The molecule has 1 aliphatic heterocycles. The topological polar surface area (TPSA) is 114 Å². The standard InChI is InChI=1S/C22H21N3O6S2/c1-25(33(28,29)21-7-4-10-32-21)13-20(26)24-17-6-3-2-5-16(17)22(27)23-12-15-8-9-18-19(11-15)31-14-30-18/h2-11H,12-14H2,1H3,(H,23,27)(H,24,26). The van der Waals surface area contributed by atoms with Crippen molar-refractivity contribution in [3.63, 3.8) is 0 Å². The Hall–Kier alpha value is -3.41. The van der Waals surface area contributed by atoms with Gasteiger partial charge in [0.25, 0.3) is 15.9 Å². The summed E-state index contributed by atoms with van der Waals surface area (Å²) in [5, 5.41) is 7.10. The molecule has 2 heterocycles. The van der Waals surface area contributed by atoms with Crippen LogP contribution in [0.4, 0.5) is 5.69 Å². The molecule has 172 valence electrons. The van der Waals surface area contributed by atoms with Crippen molar-refractivity contribution in [2.24, 2.45) is 0 Å². The third-order valence-corrected chi connectivity index (χ3v) is 8.04. The Morgan fingerprint density at radius 2 is 1.85 bits per heavy atom. The fourth-order valence-electron chi connectivity index (χ4n) is 3.16. The molecule has 9 nitrogen and oxygen atoms in total. The number of benzene rings is 2. The summed E-state index contributed by atoms with van der Waals surface area (Å²) in [6.45, 7) is 0.0228. The fourth-order valence-corrected chi connectivity index (χ4v) is 5.49. The van der Waals surface area contributed by atoms with E-state index < -0.39 is 22.5 Å². The first-order valence-electron chi connectivity index (χ1n) is 9.90. The number of anilines is 1. The highest BCUT2D eigenvalue weighted by atomic mass is 32.2. The lowest BCUT2D eigenvalue weighted by Gasteiger charge is -2.17. The maximum absolute atomic E-state index is 12.8. The number of rotatable bonds is 8. The van der Waals surface area contributed by atoms with Crippen LogP contribution in [0.15, 0.2) is 64.2 Å². The van der Waals surface area contributed by atoms with E-state index in [4.69, 9.17) is 9.47 Å². The Balaban J connectivity index is 1.39. The Morgan fingerprint density at radius 1 is 1.06 bits per heavy atom. The van der Waals surface area contributed by atoms with Gasteiger partial charge < -0.3 is 20.1 Å². The molecule has 0 spiro atoms. The van der Waals surface area contributed by atoms with Crippen LogP contribution in [-0.4, -0.2) is 44.9 Å². The van der Waals surface area contributed by atoms with Crippen LogP contribution in [0.3, 0.4) is 0 Å². The number of likely N-dealkylation sites (N-methyl/N-ethyl adjacent to an activating group) is 1. The Kier molecular flexibility index (Phi) is 6.63. The largest absolute Gasteiger partial charge is 0.454 e. The van der Waals surface area contributed by atoms with Crippen molar-refractivity contribution in [1.29, 1.82) is 0 Å². The van der Waals surface area contributed by atoms with Crippen molar-refractivity contribution in [2.45, 2.75) is 10.8 Å². The lowest BCUT2D eigenvalue weighted by molar-refractivity contribution is -0.116. The normalized spacial score (nSPS) is 12.5. The summed E-state index contributed by atoms with van der Waals surface area (Å²) in [6.07, 6.45) is 0. The van der Waals surface area contributed by atoms with Crippen LogP contribution in [-0.2, 0) is 21.4 Å². The second kappa shape index (κ2) is 9.61. The lowest BCUT2D eigenvalue weighted by atomic mass is 10.1. The van der Waals surface area contributed by atoms with E-state index in [0.717, 1.165) is 21.2 Å². The van der Waals surface area contributed by atoms with Crippen molar-refractivity contribution in [2.75, 3.05) is 25.7 Å². The van der Waals surface area contributed by atoms with Crippen molar-refractivity contribution >= 4 is 38.9 Å². The number of para-hydroxylation sites is 1. The number of carbonyl (C=O) groups excluding carboxylic acids is 2. The summed E-state index contributed by atoms with van der Waals surface area (Å²) in [4.78, 5) is 25.3. The minimum atomic E-state index is -3.76. The monoisotopic (exact) mass is 487 g/mol. The zero-order valence-electron chi connectivity index (χ0n) is 17.6. The van der Waals surface area contributed by atoms with Crippen molar-refractivity contribution in [3.05, 3.63) is 71.1 Å². The van der Waals surface area contributed by atoms with Gasteiger partial charge in [-0.2, -0.15) is 4.31 Å². The number of nitrogens with zero attached hydrogens (tertiary/aromatic N) is 1. The summed E-state index contributed by atoms with van der Waals surface area (Å²) in [6, 6.07) is 15.0. The minimum Gasteiger partial charge on any atom is -0.454 e. The molecule has 0 aliphatic carbocycles. The minimum absolute atomic E-state index is 0.154. The first kappa shape index (κ1) is 22.8. The second-order valence-electron chi connectivity index (χ2n) is 7.16. The molecule has 2 aromatic carbocycles. The predicted octanol–water partition coefficient (Wildman–Crippen LogP) is 2.67. The zero-order chi connectivity index (χ0) is 23.4. The first-order chi connectivity index (χ1) is 15.8. The quantitative estimate of drug-likeness (QED) is 0.505. The van der Waals surface area contributed by atoms with Gasteiger partial charge in [0, 0.05) is 13.6 Å². The first-order valence-corrected chi connectivity index (χ1v) is 12.2. The van der Waals surface area contributed by atoms with Crippen LogP contribution in [0.1, 0.15) is 15.9 Å². The molecule has 1 aromatic heterocycles. The number of hydrogen-bond donors (Lipinski definition) is 2. The van der Waals surface area contributed by atoms with E-state index in [9.17, 15) is 18.0 Å². The molecule has 0 unspecified atom stereocenters. The molecule has 2 N–H and O–H groups in total. The second-order valence-corrected chi connectivity index (χ2v) is 10.4. The van der Waals surface area contributed by atoms with Crippen LogP contribution in [0.5, 0.6) is 11.5 Å². The Bertz CT molecular complexity index is 1280. The molecule has 0 radical (unpaired) electrons. The van der Waals surface area contributed by atoms with E-state index in [-0.39, 0.29) is 34.7 Å². The Morgan fingerprint density at radius 3 is 2.64 bits per heavy atom. The van der Waals surface area contributed by atoms with E-state index >= 15 is 0 Å². The highest BCUT2D eigenvalue weighted by Gasteiger charge is 2.24. The van der Waals surface area contributed by atoms with E-state index in [2.05, 4.69) is 10.6 Å². The van der Waals surface area contributed by atoms with E-state index in [0.29, 0.717) is 11.5 Å². The summed E-state index contributed by atoms with van der Waals surface area (Å²) in [5.74, 6) is 0.331. The van der Waals surface area contributed by atoms with Crippen molar-refractivity contribution < 1.29 is 27.5 Å². The molecule has 11 heteroatoms. The van der Waals surface area contributed by atoms with Crippen LogP contribution in [0, 0.1) is 0 Å². The fraction of sp³-hybridized carbons (Fsp3) is 0.182. The maximum Gasteiger partial charge on any atom is 0.253 e. The average molecular weight is 488 g/mol. The van der Waals surface area contributed by atoms with Gasteiger partial charge in [0.15, 0.2) is 11.5 Å². The molecular formula is C22H21N3O6S2. The summed E-state index contributed by atoms with van der Waals surface area (Å²) in [5.41, 5.74) is 1.37. The number of sulfonamides is 1. The van der Waals surface area contributed by atoms with E-state index in [1.54, 1.807) is 47.8 Å². The summed E-state index contributed by atoms with van der Waals surface area (Å²) < 4.78 is 36.8. The number of hydrogen-bond acceptors (Lipinski definition) is 7. The molecule has 0 atom stereocenters. The van der Waals surface area contributed by atoms with E-state index in [1.165, 1.54) is 13.1 Å². The molecular weight excluding hydrogens is 466 g/mol. The zero-order valence-corrected chi connectivity index (χ0v) is 19.2. The predicted molar refractivity (Wildman–Crippen MR) is 123 cm³/mol. The van der Waals surface area contributed by atoms with Crippen molar-refractivity contribution in [3.8, 4) is 11.5 Å². The molecule has 0 fully saturated rings. The van der Waals surface area contributed by atoms with Gasteiger partial charge in [-0.05, 0) is 41.3 Å². The molecule has 33 heavy (non-hydrogen) atoms. The molecule has 3 aromatic rings. The van der Waals surface area contributed by atoms with Gasteiger partial charge in [0.05, 0.1) is 17.8 Å². The molecule has 2 amide bonds. The number of carbonyl (C=O) groups is 2. The molecule has 1 aliphatic rings. The average Bonchev–Trinajstić information content (AvgIpc) is 3.49. The maximum atomic E-state index is 12.8. The SMILES string of the molecule is CN(CC(=O)Nc1ccccc1C(=O)NCc1ccc2c(c1)OCO2)S(=O)(=O)c1cccs1. The number of fused-ring (bicyclic) bond motifs is 1. The van der Waals surface area contributed by atoms with Crippen LogP contribution < -0.4 is 20.1 Å². The molecule has 0 saturated carbocycles. The summed E-state index contributed by atoms with van der Waals surface area (Å²) >= 11 is 1.08. The number of amides is 2. The molecule has 0 bridgehead atoms. The lowest BCUT2D eigenvalue weighted by Crippen LogP contribution is -2.35. The van der Waals surface area contributed by atoms with Crippen LogP contribution >= 0.6 is 11.3 Å². The van der Waals surface area contributed by atoms with Crippen molar-refractivity contribution in [1.82, 2.24) is 9.62 Å². The highest BCUT2D eigenvalue weighted by molar-refractivity contribution is 7.91. The van der Waals surface area contributed by atoms with Gasteiger partial charge in [0.1, 0.15) is 4.21 Å². The smallest absolute Gasteiger partial charge is 0.253 e. The van der Waals surface area contributed by atoms with E-state index in [1.807, 2.05) is 6.07 Å². The Labute approximate surface area is 195 Å². The van der Waals surface area contributed by atoms with Gasteiger partial charge in [-0.1, -0.05) is 24.3 Å². The molecule has 4 rings (SSSR count). The summed E-state index contributed by atoms with van der Waals surface area (Å²) in [7, 11) is -2.43. The number of ether oxygens (including phenoxy) is 2. The molecule has 0 saturated heterocycles. The third kappa shape index (κ3) is 5.16. The van der Waals surface area contributed by atoms with Gasteiger partial charge in [-0.25, -0.2) is 8.42 Å². The van der Waals surface area contributed by atoms with Gasteiger partial charge in [-0.15, -0.1) is 11.3 Å². The highest BCUT2D eigenvalue weighted by Crippen LogP contribution is 2.32. The van der Waals surface area contributed by atoms with Gasteiger partial charge in [-0.3, -0.25) is 9.59 Å². The van der Waals surface area contributed by atoms with Gasteiger partial charge >= 0.3 is 0 Å². The van der Waals surface area contributed by atoms with Crippen LogP contribution in [0.2, 0.25) is 0 Å². The third-order valence-electron chi connectivity index (χ3n) is 4.86. The van der Waals surface area contributed by atoms with Gasteiger partial charge in [0.2, 0.25) is 12.7 Å².